The summed E-state index contributed by atoms with van der Waals surface area (Å²) >= 11 is 0. The fourth-order valence-corrected chi connectivity index (χ4v) is 4.10. The normalized spacial score (nSPS) is 15.7. The van der Waals surface area contributed by atoms with Gasteiger partial charge in [0.05, 0.1) is 24.0 Å². The maximum atomic E-state index is 13.9. The Labute approximate surface area is 170 Å². The van der Waals surface area contributed by atoms with Gasteiger partial charge in [-0.25, -0.2) is 4.39 Å². The van der Waals surface area contributed by atoms with Crippen LogP contribution in [0.25, 0.3) is 0 Å². The summed E-state index contributed by atoms with van der Waals surface area (Å²) in [5.41, 5.74) is 3.91. The summed E-state index contributed by atoms with van der Waals surface area (Å²) in [5, 5.41) is 20.3. The molecule has 4 rings (SSSR count). The zero-order valence-electron chi connectivity index (χ0n) is 16.2. The number of benzene rings is 3. The van der Waals surface area contributed by atoms with Gasteiger partial charge in [-0.1, -0.05) is 54.6 Å². The minimum absolute atomic E-state index is 0.353. The van der Waals surface area contributed by atoms with E-state index in [-0.39, 0.29) is 5.82 Å². The topological polar surface area (TPSA) is 46.9 Å². The highest BCUT2D eigenvalue weighted by atomic mass is 19.1. The number of fused-ring (bicyclic) bond motifs is 1. The second-order valence-electron chi connectivity index (χ2n) is 7.34. The molecule has 3 aromatic rings. The lowest BCUT2D eigenvalue weighted by molar-refractivity contribution is 0.0710. The molecule has 4 nitrogen and oxygen atoms in total. The van der Waals surface area contributed by atoms with Crippen LogP contribution >= 0.6 is 0 Å². The van der Waals surface area contributed by atoms with Gasteiger partial charge in [-0.05, 0) is 35.4 Å². The average Bonchev–Trinajstić information content (AvgIpc) is 2.76. The first-order chi connectivity index (χ1) is 14.2. The molecule has 5 heteroatoms. The maximum Gasteiger partial charge on any atom is 0.123 e. The standard InChI is InChI=1S/C24H25FN2O2/c25-20-10-6-9-19(15-20)24(23(29)17-28)27-14-13-26(16-18-7-2-1-3-8-18)21-11-4-5-12-22(21)27/h1-12,15,23-24,28-29H,13-14,16-17H2/t23-,24+/m1/s1. The fourth-order valence-electron chi connectivity index (χ4n) is 4.10. The van der Waals surface area contributed by atoms with Gasteiger partial charge < -0.3 is 20.0 Å². The van der Waals surface area contributed by atoms with Crippen molar-refractivity contribution in [1.29, 1.82) is 0 Å². The lowest BCUT2D eigenvalue weighted by atomic mass is 9.97. The van der Waals surface area contributed by atoms with Gasteiger partial charge in [0.1, 0.15) is 11.9 Å². The highest BCUT2D eigenvalue weighted by Crippen LogP contribution is 2.39. The second kappa shape index (κ2) is 8.64. The summed E-state index contributed by atoms with van der Waals surface area (Å²) in [6.07, 6.45) is -1.02. The number of anilines is 2. The summed E-state index contributed by atoms with van der Waals surface area (Å²) in [7, 11) is 0. The maximum absolute atomic E-state index is 13.9. The Morgan fingerprint density at radius 2 is 1.59 bits per heavy atom. The fraction of sp³-hybridized carbons (Fsp3) is 0.250. The molecular formula is C24H25FN2O2. The molecule has 0 amide bonds. The van der Waals surface area contributed by atoms with Crippen molar-refractivity contribution >= 4 is 11.4 Å². The van der Waals surface area contributed by atoms with Crippen molar-refractivity contribution in [2.75, 3.05) is 29.5 Å². The van der Waals surface area contributed by atoms with Crippen LogP contribution in [0.3, 0.4) is 0 Å². The number of nitrogens with zero attached hydrogens (tertiary/aromatic N) is 2. The van der Waals surface area contributed by atoms with Crippen molar-refractivity contribution in [2.24, 2.45) is 0 Å². The highest BCUT2D eigenvalue weighted by Gasteiger charge is 2.33. The minimum atomic E-state index is -1.02. The van der Waals surface area contributed by atoms with Crippen LogP contribution in [-0.4, -0.2) is 36.0 Å². The monoisotopic (exact) mass is 392 g/mol. The Bertz CT molecular complexity index is 950. The van der Waals surface area contributed by atoms with Gasteiger partial charge in [0.25, 0.3) is 0 Å². The summed E-state index contributed by atoms with van der Waals surface area (Å²) in [6, 6.07) is 24.1. The first kappa shape index (κ1) is 19.4. The SMILES string of the molecule is OC[C@@H](O)[C@H](c1cccc(F)c1)N1CCN(Cc2ccccc2)c2ccccc21. The number of aliphatic hydroxyl groups is 2. The van der Waals surface area contributed by atoms with Crippen LogP contribution in [0.1, 0.15) is 17.2 Å². The summed E-state index contributed by atoms with van der Waals surface area (Å²) in [5.74, 6) is -0.353. The average molecular weight is 392 g/mol. The Morgan fingerprint density at radius 3 is 2.31 bits per heavy atom. The van der Waals surface area contributed by atoms with Crippen LogP contribution in [0.15, 0.2) is 78.9 Å². The number of hydrogen-bond acceptors (Lipinski definition) is 4. The van der Waals surface area contributed by atoms with Crippen LogP contribution in [-0.2, 0) is 6.54 Å². The van der Waals surface area contributed by atoms with Crippen molar-refractivity contribution in [3.8, 4) is 0 Å². The van der Waals surface area contributed by atoms with Crippen molar-refractivity contribution in [2.45, 2.75) is 18.7 Å². The smallest absolute Gasteiger partial charge is 0.123 e. The Balaban J connectivity index is 1.70. The summed E-state index contributed by atoms with van der Waals surface area (Å²) < 4.78 is 13.9. The van der Waals surface area contributed by atoms with Crippen LogP contribution < -0.4 is 9.80 Å². The molecule has 150 valence electrons. The third-order valence-corrected chi connectivity index (χ3v) is 5.44. The van der Waals surface area contributed by atoms with Crippen LogP contribution in [0.4, 0.5) is 15.8 Å². The molecule has 29 heavy (non-hydrogen) atoms. The van der Waals surface area contributed by atoms with Gasteiger partial charge in [-0.15, -0.1) is 0 Å². The predicted molar refractivity (Wildman–Crippen MR) is 114 cm³/mol. The molecule has 0 bridgehead atoms. The molecular weight excluding hydrogens is 367 g/mol. The van der Waals surface area contributed by atoms with E-state index in [9.17, 15) is 14.6 Å². The van der Waals surface area contributed by atoms with Gasteiger partial charge >= 0.3 is 0 Å². The summed E-state index contributed by atoms with van der Waals surface area (Å²) in [4.78, 5) is 4.39. The Hall–Kier alpha value is -2.89. The van der Waals surface area contributed by atoms with Crippen LogP contribution in [0, 0.1) is 5.82 Å². The minimum Gasteiger partial charge on any atom is -0.394 e. The third-order valence-electron chi connectivity index (χ3n) is 5.44. The quantitative estimate of drug-likeness (QED) is 0.671. The number of hydrogen-bond donors (Lipinski definition) is 2. The Morgan fingerprint density at radius 1 is 0.862 bits per heavy atom. The van der Waals surface area contributed by atoms with E-state index in [1.165, 1.54) is 17.7 Å². The molecule has 0 radical (unpaired) electrons. The number of rotatable bonds is 6. The van der Waals surface area contributed by atoms with Crippen molar-refractivity contribution in [3.05, 3.63) is 95.8 Å². The summed E-state index contributed by atoms with van der Waals surface area (Å²) in [6.45, 7) is 1.81. The molecule has 0 aliphatic carbocycles. The first-order valence-corrected chi connectivity index (χ1v) is 9.86. The lowest BCUT2D eigenvalue weighted by Crippen LogP contribution is -2.46. The van der Waals surface area contributed by atoms with Gasteiger partial charge in [0.15, 0.2) is 0 Å². The van der Waals surface area contributed by atoms with E-state index in [1.54, 1.807) is 12.1 Å². The predicted octanol–water partition coefficient (Wildman–Crippen LogP) is 3.75. The molecule has 2 atom stereocenters. The molecule has 1 heterocycles. The molecule has 0 fully saturated rings. The van der Waals surface area contributed by atoms with Crippen molar-refractivity contribution in [3.63, 3.8) is 0 Å². The van der Waals surface area contributed by atoms with Crippen molar-refractivity contribution in [1.82, 2.24) is 0 Å². The van der Waals surface area contributed by atoms with E-state index in [0.29, 0.717) is 12.1 Å². The zero-order chi connectivity index (χ0) is 20.2. The van der Waals surface area contributed by atoms with Gasteiger partial charge in [-0.2, -0.15) is 0 Å². The van der Waals surface area contributed by atoms with Crippen LogP contribution in [0.5, 0.6) is 0 Å². The van der Waals surface area contributed by atoms with Gasteiger partial charge in [0.2, 0.25) is 0 Å². The van der Waals surface area contributed by atoms with E-state index >= 15 is 0 Å². The number of halogens is 1. The molecule has 2 N–H and O–H groups in total. The molecule has 1 aliphatic rings. The zero-order valence-corrected chi connectivity index (χ0v) is 16.2. The van der Waals surface area contributed by atoms with E-state index in [1.807, 2.05) is 36.4 Å². The van der Waals surface area contributed by atoms with Crippen LogP contribution in [0.2, 0.25) is 0 Å². The second-order valence-corrected chi connectivity index (χ2v) is 7.34. The molecule has 0 spiro atoms. The largest absolute Gasteiger partial charge is 0.394 e. The first-order valence-electron chi connectivity index (χ1n) is 9.86. The molecule has 0 saturated heterocycles. The Kier molecular flexibility index (Phi) is 5.79. The van der Waals surface area contributed by atoms with Gasteiger partial charge in [0, 0.05) is 19.6 Å². The van der Waals surface area contributed by atoms with Gasteiger partial charge in [-0.3, -0.25) is 0 Å². The van der Waals surface area contributed by atoms with E-state index in [4.69, 9.17) is 0 Å². The van der Waals surface area contributed by atoms with Crippen molar-refractivity contribution < 1.29 is 14.6 Å². The molecule has 0 saturated carbocycles. The number of para-hydroxylation sites is 2. The lowest BCUT2D eigenvalue weighted by Gasteiger charge is -2.44. The molecule has 0 unspecified atom stereocenters. The third kappa shape index (κ3) is 4.11. The molecule has 3 aromatic carbocycles. The van der Waals surface area contributed by atoms with E-state index in [0.717, 1.165) is 24.5 Å². The number of aliphatic hydroxyl groups excluding tert-OH is 2. The highest BCUT2D eigenvalue weighted by molar-refractivity contribution is 5.74. The molecule has 0 aromatic heterocycles. The van der Waals surface area contributed by atoms with E-state index in [2.05, 4.69) is 28.0 Å². The molecule has 1 aliphatic heterocycles. The van der Waals surface area contributed by atoms with E-state index < -0.39 is 18.8 Å².